The Hall–Kier alpha value is -1.50. The van der Waals surface area contributed by atoms with Crippen molar-refractivity contribution >= 4 is 11.5 Å². The molecule has 0 radical (unpaired) electrons. The van der Waals surface area contributed by atoms with Gasteiger partial charge in [-0.15, -0.1) is 0 Å². The number of alkyl halides is 3. The van der Waals surface area contributed by atoms with Gasteiger partial charge in [-0.25, -0.2) is 4.98 Å². The van der Waals surface area contributed by atoms with Gasteiger partial charge < -0.3 is 15.8 Å². The maximum Gasteiger partial charge on any atom is 0.417 e. The number of unbranched alkanes of at least 4 members (excludes halogenated alkanes) is 1. The van der Waals surface area contributed by atoms with Gasteiger partial charge in [0, 0.05) is 26.0 Å². The molecule has 0 saturated carbocycles. The Bertz CT molecular complexity index is 410. The largest absolute Gasteiger partial charge is 0.417 e. The van der Waals surface area contributed by atoms with Crippen molar-refractivity contribution in [3.8, 4) is 0 Å². The third-order valence-electron chi connectivity index (χ3n) is 2.67. The van der Waals surface area contributed by atoms with Gasteiger partial charge in [0.2, 0.25) is 0 Å². The van der Waals surface area contributed by atoms with Crippen LogP contribution in [0.15, 0.2) is 12.3 Å². The first-order valence-electron chi connectivity index (χ1n) is 6.59. The minimum Gasteiger partial charge on any atom is -0.382 e. The monoisotopic (exact) mass is 291 g/mol. The second-order valence-corrected chi connectivity index (χ2v) is 4.40. The number of nitrogens with zero attached hydrogens (tertiary/aromatic N) is 1. The first-order valence-corrected chi connectivity index (χ1v) is 6.59. The zero-order chi connectivity index (χ0) is 15.0. The van der Waals surface area contributed by atoms with Gasteiger partial charge in [0.05, 0.1) is 11.3 Å². The molecular weight excluding hydrogens is 271 g/mol. The number of nitrogens with one attached hydrogen (secondary N) is 1. The van der Waals surface area contributed by atoms with Gasteiger partial charge in [0.15, 0.2) is 0 Å². The molecule has 0 aliphatic heterocycles. The fraction of sp³-hybridized carbons (Fsp3) is 0.615. The van der Waals surface area contributed by atoms with Gasteiger partial charge in [0.1, 0.15) is 5.82 Å². The first-order chi connectivity index (χ1) is 9.45. The third-order valence-corrected chi connectivity index (χ3v) is 2.67. The minimum absolute atomic E-state index is 0.0601. The summed E-state index contributed by atoms with van der Waals surface area (Å²) in [4.78, 5) is 3.55. The number of hydrogen-bond donors (Lipinski definition) is 2. The van der Waals surface area contributed by atoms with Gasteiger partial charge in [0.25, 0.3) is 0 Å². The SMILES string of the molecule is CCCCOCCCNc1cc(C(F)(F)F)cnc1N. The lowest BCUT2D eigenvalue weighted by Crippen LogP contribution is -2.11. The van der Waals surface area contributed by atoms with Crippen LogP contribution in [0.2, 0.25) is 0 Å². The average Bonchev–Trinajstić information content (AvgIpc) is 2.38. The second-order valence-electron chi connectivity index (χ2n) is 4.40. The molecule has 0 spiro atoms. The van der Waals surface area contributed by atoms with E-state index in [-0.39, 0.29) is 11.5 Å². The summed E-state index contributed by atoms with van der Waals surface area (Å²) < 4.78 is 43.0. The van der Waals surface area contributed by atoms with Crippen molar-refractivity contribution in [1.29, 1.82) is 0 Å². The van der Waals surface area contributed by atoms with Crippen LogP contribution in [0.5, 0.6) is 0 Å². The van der Waals surface area contributed by atoms with Crippen LogP contribution in [0.3, 0.4) is 0 Å². The van der Waals surface area contributed by atoms with E-state index >= 15 is 0 Å². The third kappa shape index (κ3) is 5.64. The van der Waals surface area contributed by atoms with Gasteiger partial charge >= 0.3 is 6.18 Å². The fourth-order valence-electron chi connectivity index (χ4n) is 1.52. The van der Waals surface area contributed by atoms with Crippen LogP contribution in [-0.2, 0) is 10.9 Å². The minimum atomic E-state index is -4.42. The summed E-state index contributed by atoms with van der Waals surface area (Å²) >= 11 is 0. The Labute approximate surface area is 116 Å². The molecule has 0 aromatic carbocycles. The van der Waals surface area contributed by atoms with E-state index in [0.717, 1.165) is 25.1 Å². The Kier molecular flexibility index (Phi) is 6.57. The van der Waals surface area contributed by atoms with Crippen molar-refractivity contribution in [2.45, 2.75) is 32.4 Å². The highest BCUT2D eigenvalue weighted by Gasteiger charge is 2.31. The summed E-state index contributed by atoms with van der Waals surface area (Å²) in [7, 11) is 0. The predicted molar refractivity (Wildman–Crippen MR) is 72.5 cm³/mol. The molecule has 114 valence electrons. The van der Waals surface area contributed by atoms with E-state index in [9.17, 15) is 13.2 Å². The molecule has 0 amide bonds. The Morgan fingerprint density at radius 1 is 1.30 bits per heavy atom. The molecule has 1 rings (SSSR count). The van der Waals surface area contributed by atoms with Crippen LogP contribution < -0.4 is 11.1 Å². The van der Waals surface area contributed by atoms with Crippen molar-refractivity contribution < 1.29 is 17.9 Å². The number of halogens is 3. The number of anilines is 2. The topological polar surface area (TPSA) is 60.2 Å². The van der Waals surface area contributed by atoms with Crippen molar-refractivity contribution in [2.24, 2.45) is 0 Å². The van der Waals surface area contributed by atoms with E-state index < -0.39 is 11.7 Å². The van der Waals surface area contributed by atoms with Crippen LogP contribution >= 0.6 is 0 Å². The summed E-state index contributed by atoms with van der Waals surface area (Å²) in [6, 6.07) is 0.972. The molecule has 1 aromatic heterocycles. The fourth-order valence-corrected chi connectivity index (χ4v) is 1.52. The number of nitrogen functional groups attached to an aromatic ring is 1. The molecule has 0 fully saturated rings. The van der Waals surface area contributed by atoms with Crippen LogP contribution in [0.25, 0.3) is 0 Å². The van der Waals surface area contributed by atoms with Crippen LogP contribution in [-0.4, -0.2) is 24.7 Å². The molecule has 1 heterocycles. The van der Waals surface area contributed by atoms with Crippen molar-refractivity contribution in [3.63, 3.8) is 0 Å². The molecule has 7 heteroatoms. The maximum atomic E-state index is 12.5. The smallest absolute Gasteiger partial charge is 0.382 e. The quantitative estimate of drug-likeness (QED) is 0.721. The Morgan fingerprint density at radius 3 is 2.65 bits per heavy atom. The summed E-state index contributed by atoms with van der Waals surface area (Å²) in [5.74, 6) is 0.0601. The molecule has 0 atom stereocenters. The summed E-state index contributed by atoms with van der Waals surface area (Å²) in [6.45, 7) is 3.84. The van der Waals surface area contributed by atoms with Crippen molar-refractivity contribution in [3.05, 3.63) is 17.8 Å². The normalized spacial score (nSPS) is 11.6. The van der Waals surface area contributed by atoms with Crippen molar-refractivity contribution in [2.75, 3.05) is 30.8 Å². The molecule has 20 heavy (non-hydrogen) atoms. The predicted octanol–water partition coefficient (Wildman–Crippen LogP) is 3.30. The number of aromatic nitrogens is 1. The molecule has 0 aliphatic carbocycles. The number of nitrogens with two attached hydrogens (primary N) is 1. The highest BCUT2D eigenvalue weighted by Crippen LogP contribution is 2.31. The molecule has 0 unspecified atom stereocenters. The average molecular weight is 291 g/mol. The van der Waals surface area contributed by atoms with Gasteiger partial charge in [-0.05, 0) is 18.9 Å². The molecular formula is C13H20F3N3O. The molecule has 0 aliphatic rings. The van der Waals surface area contributed by atoms with Crippen molar-refractivity contribution in [1.82, 2.24) is 4.98 Å². The highest BCUT2D eigenvalue weighted by atomic mass is 19.4. The highest BCUT2D eigenvalue weighted by molar-refractivity contribution is 5.62. The lowest BCUT2D eigenvalue weighted by atomic mass is 10.2. The number of hydrogen-bond acceptors (Lipinski definition) is 4. The van der Waals surface area contributed by atoms with E-state index in [1.165, 1.54) is 0 Å². The Balaban J connectivity index is 2.40. The van der Waals surface area contributed by atoms with Crippen LogP contribution in [0.1, 0.15) is 31.7 Å². The second kappa shape index (κ2) is 7.94. The van der Waals surface area contributed by atoms with E-state index in [2.05, 4.69) is 17.2 Å². The molecule has 3 N–H and O–H groups in total. The lowest BCUT2D eigenvalue weighted by molar-refractivity contribution is -0.137. The van der Waals surface area contributed by atoms with E-state index in [4.69, 9.17) is 10.5 Å². The zero-order valence-electron chi connectivity index (χ0n) is 11.5. The maximum absolute atomic E-state index is 12.5. The summed E-state index contributed by atoms with van der Waals surface area (Å²) in [5.41, 5.74) is 4.93. The van der Waals surface area contributed by atoms with Gasteiger partial charge in [-0.1, -0.05) is 13.3 Å². The van der Waals surface area contributed by atoms with Crippen LogP contribution in [0, 0.1) is 0 Å². The van der Waals surface area contributed by atoms with Crippen LogP contribution in [0.4, 0.5) is 24.7 Å². The molecule has 4 nitrogen and oxygen atoms in total. The van der Waals surface area contributed by atoms with E-state index in [0.29, 0.717) is 26.2 Å². The number of pyridine rings is 1. The molecule has 0 bridgehead atoms. The number of rotatable bonds is 8. The zero-order valence-corrected chi connectivity index (χ0v) is 11.5. The summed E-state index contributed by atoms with van der Waals surface area (Å²) in [6.07, 6.45) is -0.906. The summed E-state index contributed by atoms with van der Waals surface area (Å²) in [5, 5.41) is 2.85. The lowest BCUT2D eigenvalue weighted by Gasteiger charge is -2.12. The molecule has 0 saturated heterocycles. The van der Waals surface area contributed by atoms with E-state index in [1.807, 2.05) is 0 Å². The first kappa shape index (κ1) is 16.6. The van der Waals surface area contributed by atoms with E-state index in [1.54, 1.807) is 0 Å². The standard InChI is InChI=1S/C13H20F3N3O/c1-2-3-6-20-7-4-5-18-11-8-10(13(14,15)16)9-19-12(11)17/h8-9,18H,2-7H2,1H3,(H2,17,19). The van der Waals surface area contributed by atoms with Gasteiger partial charge in [-0.3, -0.25) is 0 Å². The number of ether oxygens (including phenoxy) is 1. The Morgan fingerprint density at radius 2 is 2.00 bits per heavy atom. The van der Waals surface area contributed by atoms with Gasteiger partial charge in [-0.2, -0.15) is 13.2 Å². The molecule has 1 aromatic rings.